The number of aromatic hydroxyl groups is 2. The van der Waals surface area contributed by atoms with Crippen LogP contribution in [0.25, 0.3) is 0 Å². The number of Topliss-reactive ketones (excluding diaryl/α,β-unsaturated/α-hetero) is 1. The van der Waals surface area contributed by atoms with Gasteiger partial charge in [0, 0.05) is 17.7 Å². The Morgan fingerprint density at radius 1 is 1.29 bits per heavy atom. The number of nitrogens with zero attached hydrogens (tertiary/aromatic N) is 2. The molecule has 6 nitrogen and oxygen atoms in total. The number of ketones is 1. The standard InChI is InChI=1S/C11H14N2O4/c1-7(2)13(12-17)6-11(16)8-3-9(14)5-10(15)4-8/h3-5,7,14-15H,6H2,1-2H3. The maximum atomic E-state index is 11.8. The summed E-state index contributed by atoms with van der Waals surface area (Å²) < 4.78 is 0. The Morgan fingerprint density at radius 2 is 1.82 bits per heavy atom. The quantitative estimate of drug-likeness (QED) is 0.462. The molecule has 0 radical (unpaired) electrons. The fourth-order valence-electron chi connectivity index (χ4n) is 1.30. The molecule has 17 heavy (non-hydrogen) atoms. The van der Waals surface area contributed by atoms with E-state index in [-0.39, 0.29) is 29.6 Å². The van der Waals surface area contributed by atoms with E-state index in [0.717, 1.165) is 11.1 Å². The van der Waals surface area contributed by atoms with Crippen molar-refractivity contribution in [2.45, 2.75) is 19.9 Å². The van der Waals surface area contributed by atoms with Gasteiger partial charge in [-0.3, -0.25) is 9.80 Å². The number of hydrogen-bond donors (Lipinski definition) is 2. The van der Waals surface area contributed by atoms with Crippen LogP contribution >= 0.6 is 0 Å². The number of phenols is 2. The van der Waals surface area contributed by atoms with Crippen molar-refractivity contribution < 1.29 is 15.0 Å². The van der Waals surface area contributed by atoms with Gasteiger partial charge >= 0.3 is 0 Å². The zero-order valence-electron chi connectivity index (χ0n) is 9.62. The number of carbonyl (C=O) groups is 1. The predicted octanol–water partition coefficient (Wildman–Crippen LogP) is 1.67. The third kappa shape index (κ3) is 3.44. The summed E-state index contributed by atoms with van der Waals surface area (Å²) in [5.74, 6) is -0.809. The molecule has 0 aromatic heterocycles. The van der Waals surface area contributed by atoms with Crippen LogP contribution in [0.4, 0.5) is 0 Å². The van der Waals surface area contributed by atoms with Gasteiger partial charge in [0.05, 0.1) is 5.29 Å². The smallest absolute Gasteiger partial charge is 0.184 e. The Balaban J connectivity index is 2.86. The highest BCUT2D eigenvalue weighted by Gasteiger charge is 2.15. The van der Waals surface area contributed by atoms with Crippen LogP contribution in [-0.4, -0.2) is 33.6 Å². The van der Waals surface area contributed by atoms with Gasteiger partial charge < -0.3 is 10.2 Å². The minimum absolute atomic E-state index is 0.136. The molecule has 1 aromatic rings. The molecule has 0 aliphatic carbocycles. The normalized spacial score (nSPS) is 10.3. The molecule has 0 heterocycles. The molecular weight excluding hydrogens is 224 g/mol. The minimum Gasteiger partial charge on any atom is -0.508 e. The van der Waals surface area contributed by atoms with E-state index in [1.807, 2.05) is 0 Å². The third-order valence-corrected chi connectivity index (χ3v) is 2.23. The lowest BCUT2D eigenvalue weighted by molar-refractivity contribution is 0.0907. The second-order valence-electron chi connectivity index (χ2n) is 3.93. The van der Waals surface area contributed by atoms with Crippen molar-refractivity contribution in [3.05, 3.63) is 28.7 Å². The van der Waals surface area contributed by atoms with Gasteiger partial charge in [-0.05, 0) is 26.0 Å². The first-order valence-corrected chi connectivity index (χ1v) is 5.10. The van der Waals surface area contributed by atoms with Gasteiger partial charge in [0.2, 0.25) is 0 Å². The number of nitroso groups, excluding NO2 is 1. The first kappa shape index (κ1) is 13.0. The maximum absolute atomic E-state index is 11.8. The SMILES string of the molecule is CC(C)N(CC(=O)c1cc(O)cc(O)c1)N=O. The Hall–Kier alpha value is -2.11. The second kappa shape index (κ2) is 5.29. The van der Waals surface area contributed by atoms with Crippen molar-refractivity contribution in [2.24, 2.45) is 5.29 Å². The third-order valence-electron chi connectivity index (χ3n) is 2.23. The van der Waals surface area contributed by atoms with Crippen LogP contribution in [0, 0.1) is 4.91 Å². The van der Waals surface area contributed by atoms with Crippen molar-refractivity contribution in [1.29, 1.82) is 0 Å². The van der Waals surface area contributed by atoms with Crippen LogP contribution in [-0.2, 0) is 0 Å². The van der Waals surface area contributed by atoms with Crippen LogP contribution in [0.3, 0.4) is 0 Å². The number of carbonyl (C=O) groups excluding carboxylic acids is 1. The lowest BCUT2D eigenvalue weighted by atomic mass is 10.1. The van der Waals surface area contributed by atoms with Gasteiger partial charge in [0.25, 0.3) is 0 Å². The molecule has 0 saturated heterocycles. The van der Waals surface area contributed by atoms with Crippen LogP contribution in [0.15, 0.2) is 23.5 Å². The van der Waals surface area contributed by atoms with Crippen LogP contribution in [0.5, 0.6) is 11.5 Å². The summed E-state index contributed by atoms with van der Waals surface area (Å²) in [4.78, 5) is 22.2. The zero-order chi connectivity index (χ0) is 13.0. The van der Waals surface area contributed by atoms with E-state index in [1.165, 1.54) is 12.1 Å². The molecule has 0 spiro atoms. The average molecular weight is 238 g/mol. The molecule has 92 valence electrons. The molecule has 0 saturated carbocycles. The largest absolute Gasteiger partial charge is 0.508 e. The molecular formula is C11H14N2O4. The average Bonchev–Trinajstić information content (AvgIpc) is 2.23. The first-order valence-electron chi connectivity index (χ1n) is 5.10. The number of phenolic OH excluding ortho intramolecular Hbond substituents is 2. The Bertz CT molecular complexity index is 411. The summed E-state index contributed by atoms with van der Waals surface area (Å²) in [7, 11) is 0. The summed E-state index contributed by atoms with van der Waals surface area (Å²) in [5, 5.41) is 22.3. The minimum atomic E-state index is -0.399. The molecule has 0 bridgehead atoms. The van der Waals surface area contributed by atoms with Crippen molar-refractivity contribution in [3.8, 4) is 11.5 Å². The molecule has 1 aromatic carbocycles. The van der Waals surface area contributed by atoms with E-state index < -0.39 is 5.78 Å². The lowest BCUT2D eigenvalue weighted by Gasteiger charge is -2.18. The van der Waals surface area contributed by atoms with Crippen molar-refractivity contribution in [2.75, 3.05) is 6.54 Å². The highest BCUT2D eigenvalue weighted by molar-refractivity contribution is 5.98. The molecule has 1 rings (SSSR count). The van der Waals surface area contributed by atoms with Gasteiger partial charge in [-0.25, -0.2) is 0 Å². The van der Waals surface area contributed by atoms with E-state index in [2.05, 4.69) is 5.29 Å². The van der Waals surface area contributed by atoms with Gasteiger partial charge in [-0.2, -0.15) is 0 Å². The maximum Gasteiger partial charge on any atom is 0.184 e. The van der Waals surface area contributed by atoms with E-state index >= 15 is 0 Å². The summed E-state index contributed by atoms with van der Waals surface area (Å²) in [6, 6.07) is 3.38. The molecule has 0 unspecified atom stereocenters. The fourth-order valence-corrected chi connectivity index (χ4v) is 1.30. The van der Waals surface area contributed by atoms with Crippen molar-refractivity contribution in [3.63, 3.8) is 0 Å². The summed E-state index contributed by atoms with van der Waals surface area (Å²) in [6.07, 6.45) is 0. The van der Waals surface area contributed by atoms with Crippen LogP contribution < -0.4 is 0 Å². The Kier molecular flexibility index (Phi) is 4.03. The van der Waals surface area contributed by atoms with Crippen molar-refractivity contribution >= 4 is 5.78 Å². The molecule has 6 heteroatoms. The highest BCUT2D eigenvalue weighted by Crippen LogP contribution is 2.21. The summed E-state index contributed by atoms with van der Waals surface area (Å²) in [5.41, 5.74) is 0.136. The first-order chi connectivity index (χ1) is 7.93. The van der Waals surface area contributed by atoms with Crippen molar-refractivity contribution in [1.82, 2.24) is 5.01 Å². The molecule has 0 aliphatic rings. The highest BCUT2D eigenvalue weighted by atomic mass is 16.3. The van der Waals surface area contributed by atoms with E-state index in [4.69, 9.17) is 0 Å². The lowest BCUT2D eigenvalue weighted by Crippen LogP contribution is -2.30. The van der Waals surface area contributed by atoms with Crippen LogP contribution in [0.1, 0.15) is 24.2 Å². The van der Waals surface area contributed by atoms with Crippen LogP contribution in [0.2, 0.25) is 0 Å². The van der Waals surface area contributed by atoms with E-state index in [9.17, 15) is 19.9 Å². The zero-order valence-corrected chi connectivity index (χ0v) is 9.62. The topological polar surface area (TPSA) is 90.2 Å². The number of benzene rings is 1. The Labute approximate surface area is 98.4 Å². The molecule has 0 fully saturated rings. The monoisotopic (exact) mass is 238 g/mol. The molecule has 0 aliphatic heterocycles. The number of hydrogen-bond acceptors (Lipinski definition) is 5. The summed E-state index contributed by atoms with van der Waals surface area (Å²) in [6.45, 7) is 3.27. The van der Waals surface area contributed by atoms with E-state index in [0.29, 0.717) is 0 Å². The molecule has 0 atom stereocenters. The predicted molar refractivity (Wildman–Crippen MR) is 61.7 cm³/mol. The molecule has 2 N–H and O–H groups in total. The van der Waals surface area contributed by atoms with Gasteiger partial charge in [-0.1, -0.05) is 0 Å². The van der Waals surface area contributed by atoms with Gasteiger partial charge in [0.15, 0.2) is 5.78 Å². The second-order valence-corrected chi connectivity index (χ2v) is 3.93. The number of rotatable bonds is 5. The Morgan fingerprint density at radius 3 is 2.24 bits per heavy atom. The van der Waals surface area contributed by atoms with E-state index in [1.54, 1.807) is 13.8 Å². The van der Waals surface area contributed by atoms with Gasteiger partial charge in [-0.15, -0.1) is 4.91 Å². The summed E-state index contributed by atoms with van der Waals surface area (Å²) >= 11 is 0. The fraction of sp³-hybridized carbons (Fsp3) is 0.364. The molecule has 0 amide bonds. The van der Waals surface area contributed by atoms with Gasteiger partial charge in [0.1, 0.15) is 18.0 Å².